The molecule has 0 aliphatic carbocycles. The van der Waals surface area contributed by atoms with Crippen LogP contribution in [0.3, 0.4) is 0 Å². The van der Waals surface area contributed by atoms with Crippen molar-refractivity contribution in [3.05, 3.63) is 11.5 Å². The normalized spacial score (nSPS) is 30.6. The molecule has 18 heavy (non-hydrogen) atoms. The minimum atomic E-state index is -0.193. The zero-order valence-corrected chi connectivity index (χ0v) is 11.0. The van der Waals surface area contributed by atoms with Gasteiger partial charge in [0.25, 0.3) is 0 Å². The Balaban J connectivity index is 1.99. The van der Waals surface area contributed by atoms with E-state index in [1.807, 2.05) is 0 Å². The number of piperidine rings is 1. The molecule has 1 aromatic heterocycles. The minimum Gasteiger partial charge on any atom is -0.490 e. The van der Waals surface area contributed by atoms with Gasteiger partial charge < -0.3 is 14.7 Å². The van der Waals surface area contributed by atoms with Crippen LogP contribution in [0.1, 0.15) is 25.7 Å². The Labute approximate surface area is 111 Å². The Morgan fingerprint density at radius 2 is 2.00 bits per heavy atom. The highest BCUT2D eigenvalue weighted by Gasteiger charge is 2.42. The van der Waals surface area contributed by atoms with Crippen LogP contribution in [0.4, 0.5) is 5.82 Å². The number of fused-ring (bicyclic) bond motifs is 2. The van der Waals surface area contributed by atoms with E-state index < -0.39 is 0 Å². The van der Waals surface area contributed by atoms with E-state index in [0.717, 1.165) is 31.5 Å². The number of aliphatic hydroxyl groups excluding tert-OH is 1. The van der Waals surface area contributed by atoms with Crippen molar-refractivity contribution in [1.29, 1.82) is 0 Å². The Morgan fingerprint density at radius 3 is 2.61 bits per heavy atom. The fraction of sp³-hybridized carbons (Fsp3) is 0.667. The molecule has 2 unspecified atom stereocenters. The van der Waals surface area contributed by atoms with Crippen LogP contribution in [0, 0.1) is 0 Å². The summed E-state index contributed by atoms with van der Waals surface area (Å²) in [6.07, 6.45) is 5.04. The Morgan fingerprint density at radius 1 is 1.33 bits per heavy atom. The molecular weight excluding hydrogens is 254 g/mol. The van der Waals surface area contributed by atoms with Crippen molar-refractivity contribution in [3.63, 3.8) is 0 Å². The third-order valence-corrected chi connectivity index (χ3v) is 4.17. The largest absolute Gasteiger partial charge is 0.490 e. The molecular formula is C12H16ClN3O2. The first-order valence-corrected chi connectivity index (χ1v) is 6.59. The summed E-state index contributed by atoms with van der Waals surface area (Å²) in [5.74, 6) is 1.30. The Hall–Kier alpha value is -1.07. The minimum absolute atomic E-state index is 0.193. The highest BCUT2D eigenvalue weighted by Crippen LogP contribution is 2.43. The number of ether oxygens (including phenoxy) is 1. The van der Waals surface area contributed by atoms with E-state index in [1.54, 1.807) is 7.11 Å². The van der Waals surface area contributed by atoms with Crippen LogP contribution in [0.2, 0.25) is 5.15 Å². The summed E-state index contributed by atoms with van der Waals surface area (Å²) in [4.78, 5) is 10.5. The molecule has 2 aliphatic rings. The van der Waals surface area contributed by atoms with Crippen molar-refractivity contribution < 1.29 is 9.84 Å². The van der Waals surface area contributed by atoms with E-state index in [0.29, 0.717) is 23.0 Å². The number of rotatable bonds is 2. The predicted octanol–water partition coefficient (Wildman–Crippen LogP) is 1.63. The third-order valence-electron chi connectivity index (χ3n) is 3.90. The molecule has 0 saturated carbocycles. The third kappa shape index (κ3) is 1.82. The van der Waals surface area contributed by atoms with Gasteiger partial charge in [0.05, 0.1) is 13.2 Å². The lowest BCUT2D eigenvalue weighted by atomic mass is 10.00. The van der Waals surface area contributed by atoms with Crippen molar-refractivity contribution in [3.8, 4) is 5.75 Å². The van der Waals surface area contributed by atoms with Gasteiger partial charge in [-0.2, -0.15) is 0 Å². The van der Waals surface area contributed by atoms with Crippen LogP contribution >= 0.6 is 11.6 Å². The molecule has 2 atom stereocenters. The number of anilines is 1. The van der Waals surface area contributed by atoms with Gasteiger partial charge in [0.15, 0.2) is 16.7 Å². The van der Waals surface area contributed by atoms with Gasteiger partial charge in [-0.25, -0.2) is 9.97 Å². The fourth-order valence-electron chi connectivity index (χ4n) is 3.20. The van der Waals surface area contributed by atoms with E-state index in [-0.39, 0.29) is 6.10 Å². The van der Waals surface area contributed by atoms with Gasteiger partial charge in [-0.05, 0) is 25.7 Å². The summed E-state index contributed by atoms with van der Waals surface area (Å²) >= 11 is 6.04. The number of hydrogen-bond donors (Lipinski definition) is 1. The summed E-state index contributed by atoms with van der Waals surface area (Å²) in [5.41, 5.74) is 0. The zero-order valence-electron chi connectivity index (χ0n) is 10.2. The standard InChI is InChI=1S/C12H16ClN3O2/c1-18-10-11(13)14-6-15-12(10)16-7-2-3-8(16)5-9(17)4-7/h6-9,17H,2-5H2,1H3. The Kier molecular flexibility index (Phi) is 3.03. The van der Waals surface area contributed by atoms with Crippen LogP contribution in [0.25, 0.3) is 0 Å². The van der Waals surface area contributed by atoms with Crippen LogP contribution in [-0.4, -0.2) is 40.4 Å². The number of nitrogens with zero attached hydrogens (tertiary/aromatic N) is 3. The van der Waals surface area contributed by atoms with Gasteiger partial charge in [-0.3, -0.25) is 0 Å². The van der Waals surface area contributed by atoms with Crippen molar-refractivity contribution in [1.82, 2.24) is 9.97 Å². The molecule has 1 aromatic rings. The van der Waals surface area contributed by atoms with Crippen molar-refractivity contribution in [2.75, 3.05) is 12.0 Å². The number of aliphatic hydroxyl groups is 1. The van der Waals surface area contributed by atoms with Crippen molar-refractivity contribution in [2.24, 2.45) is 0 Å². The molecule has 1 N–H and O–H groups in total. The maximum atomic E-state index is 9.82. The second kappa shape index (κ2) is 4.55. The van der Waals surface area contributed by atoms with E-state index in [9.17, 15) is 5.11 Å². The van der Waals surface area contributed by atoms with Crippen LogP contribution in [0.15, 0.2) is 6.33 Å². The number of methoxy groups -OCH3 is 1. The van der Waals surface area contributed by atoms with Gasteiger partial charge in [0, 0.05) is 12.1 Å². The molecule has 2 aliphatic heterocycles. The lowest BCUT2D eigenvalue weighted by molar-refractivity contribution is 0.125. The first kappa shape index (κ1) is 12.0. The molecule has 3 heterocycles. The zero-order chi connectivity index (χ0) is 12.7. The van der Waals surface area contributed by atoms with Crippen molar-refractivity contribution >= 4 is 17.4 Å². The van der Waals surface area contributed by atoms with Gasteiger partial charge >= 0.3 is 0 Å². The van der Waals surface area contributed by atoms with E-state index >= 15 is 0 Å². The molecule has 3 rings (SSSR count). The summed E-state index contributed by atoms with van der Waals surface area (Å²) in [6.45, 7) is 0. The molecule has 0 aromatic carbocycles. The van der Waals surface area contributed by atoms with Crippen LogP contribution in [-0.2, 0) is 0 Å². The quantitative estimate of drug-likeness (QED) is 0.827. The van der Waals surface area contributed by atoms with Crippen LogP contribution in [0.5, 0.6) is 5.75 Å². The molecule has 0 amide bonds. The molecule has 5 nitrogen and oxygen atoms in total. The molecule has 6 heteroatoms. The maximum Gasteiger partial charge on any atom is 0.199 e. The number of aromatic nitrogens is 2. The Bertz CT molecular complexity index is 443. The second-order valence-corrected chi connectivity index (χ2v) is 5.30. The van der Waals surface area contributed by atoms with E-state index in [2.05, 4.69) is 14.9 Å². The van der Waals surface area contributed by atoms with Crippen LogP contribution < -0.4 is 9.64 Å². The molecule has 2 saturated heterocycles. The monoisotopic (exact) mass is 269 g/mol. The highest BCUT2D eigenvalue weighted by molar-refractivity contribution is 6.31. The number of hydrogen-bond acceptors (Lipinski definition) is 5. The van der Waals surface area contributed by atoms with Crippen molar-refractivity contribution in [2.45, 2.75) is 43.9 Å². The summed E-state index contributed by atoms with van der Waals surface area (Å²) < 4.78 is 5.32. The summed E-state index contributed by atoms with van der Waals surface area (Å²) in [7, 11) is 1.58. The first-order valence-electron chi connectivity index (χ1n) is 6.21. The topological polar surface area (TPSA) is 58.5 Å². The number of halogens is 1. The van der Waals surface area contributed by atoms with Gasteiger partial charge in [-0.15, -0.1) is 0 Å². The molecule has 98 valence electrons. The predicted molar refractivity (Wildman–Crippen MR) is 68.1 cm³/mol. The second-order valence-electron chi connectivity index (χ2n) is 4.94. The lowest BCUT2D eigenvalue weighted by Crippen LogP contribution is -2.45. The first-order chi connectivity index (χ1) is 8.70. The highest BCUT2D eigenvalue weighted by atomic mass is 35.5. The van der Waals surface area contributed by atoms with Gasteiger partial charge in [0.2, 0.25) is 0 Å². The summed E-state index contributed by atoms with van der Waals surface area (Å²) in [6, 6.07) is 0.664. The van der Waals surface area contributed by atoms with E-state index in [1.165, 1.54) is 6.33 Å². The average molecular weight is 270 g/mol. The van der Waals surface area contributed by atoms with Gasteiger partial charge in [-0.1, -0.05) is 11.6 Å². The SMILES string of the molecule is COc1c(Cl)ncnc1N1C2CCC1CC(O)C2. The molecule has 2 bridgehead atoms. The molecule has 2 fully saturated rings. The molecule has 0 radical (unpaired) electrons. The van der Waals surface area contributed by atoms with Gasteiger partial charge in [0.1, 0.15) is 6.33 Å². The molecule has 0 spiro atoms. The lowest BCUT2D eigenvalue weighted by Gasteiger charge is -2.38. The average Bonchev–Trinajstić information content (AvgIpc) is 2.61. The summed E-state index contributed by atoms with van der Waals surface area (Å²) in [5, 5.41) is 10.2. The smallest absolute Gasteiger partial charge is 0.199 e. The maximum absolute atomic E-state index is 9.82. The van der Waals surface area contributed by atoms with E-state index in [4.69, 9.17) is 16.3 Å². The fourth-order valence-corrected chi connectivity index (χ4v) is 3.40.